The minimum atomic E-state index is -3.68. The fraction of sp³-hybridized carbons (Fsp3) is 0.231. The van der Waals surface area contributed by atoms with Gasteiger partial charge in [-0.05, 0) is 30.7 Å². The molecular formula is C13H13ClN4O2S. The van der Waals surface area contributed by atoms with Crippen molar-refractivity contribution in [2.24, 2.45) is 0 Å². The second-order valence-corrected chi connectivity index (χ2v) is 6.42. The highest BCUT2D eigenvalue weighted by atomic mass is 35.5. The molecule has 21 heavy (non-hydrogen) atoms. The molecule has 6 nitrogen and oxygen atoms in total. The summed E-state index contributed by atoms with van der Waals surface area (Å²) in [6.07, 6.45) is 4.08. The smallest absolute Gasteiger partial charge is 0.242 e. The number of hydrogen-bond acceptors (Lipinski definition) is 4. The molecule has 1 aromatic heterocycles. The number of sulfonamides is 1. The third-order valence-corrected chi connectivity index (χ3v) is 4.71. The van der Waals surface area contributed by atoms with E-state index in [1.165, 1.54) is 18.2 Å². The van der Waals surface area contributed by atoms with Gasteiger partial charge in [0.2, 0.25) is 10.0 Å². The maximum Gasteiger partial charge on any atom is 0.242 e. The second-order valence-electron chi connectivity index (χ2n) is 4.28. The molecule has 1 N–H and O–H groups in total. The van der Waals surface area contributed by atoms with Crippen LogP contribution < -0.4 is 4.72 Å². The minimum absolute atomic E-state index is 0.0257. The first-order valence-corrected chi connectivity index (χ1v) is 8.06. The first-order chi connectivity index (χ1) is 10.0. The van der Waals surface area contributed by atoms with Crippen LogP contribution in [0.15, 0.2) is 41.6 Å². The molecule has 0 aliphatic heterocycles. The molecule has 2 rings (SSSR count). The number of nitrogens with one attached hydrogen (secondary N) is 1. The molecule has 0 radical (unpaired) electrons. The van der Waals surface area contributed by atoms with Gasteiger partial charge < -0.3 is 0 Å². The van der Waals surface area contributed by atoms with Gasteiger partial charge in [0.05, 0.1) is 16.7 Å². The Labute approximate surface area is 128 Å². The molecule has 0 amide bonds. The highest BCUT2D eigenvalue weighted by Crippen LogP contribution is 2.22. The van der Waals surface area contributed by atoms with Crippen LogP contribution in [0.4, 0.5) is 0 Å². The Balaban J connectivity index is 1.97. The number of benzene rings is 1. The summed E-state index contributed by atoms with van der Waals surface area (Å²) in [6, 6.07) is 7.80. The molecular weight excluding hydrogens is 312 g/mol. The quantitative estimate of drug-likeness (QED) is 0.820. The number of aromatic nitrogens is 2. The number of hydrogen-bond donors (Lipinski definition) is 1. The summed E-state index contributed by atoms with van der Waals surface area (Å²) in [4.78, 5) is -0.0257. The van der Waals surface area contributed by atoms with E-state index in [2.05, 4.69) is 9.82 Å². The predicted molar refractivity (Wildman–Crippen MR) is 78.2 cm³/mol. The fourth-order valence-electron chi connectivity index (χ4n) is 1.75. The lowest BCUT2D eigenvalue weighted by Crippen LogP contribution is -2.26. The third kappa shape index (κ3) is 4.04. The Hall–Kier alpha value is -1.88. The van der Waals surface area contributed by atoms with E-state index >= 15 is 0 Å². The Bertz CT molecular complexity index is 751. The van der Waals surface area contributed by atoms with Crippen LogP contribution in [0.1, 0.15) is 12.0 Å². The van der Waals surface area contributed by atoms with E-state index in [9.17, 15) is 8.42 Å². The average molecular weight is 325 g/mol. The molecule has 0 aliphatic carbocycles. The van der Waals surface area contributed by atoms with Gasteiger partial charge in [0.1, 0.15) is 4.90 Å². The van der Waals surface area contributed by atoms with Gasteiger partial charge in [-0.2, -0.15) is 10.4 Å². The molecule has 0 spiro atoms. The van der Waals surface area contributed by atoms with Crippen LogP contribution in [0.2, 0.25) is 5.02 Å². The standard InChI is InChI=1S/C13H13ClN4O2S/c14-12-9-11(10-15)3-4-13(12)21(19,20)17-6-2-8-18-7-1-5-16-18/h1,3-5,7,9,17H,2,6,8H2. The summed E-state index contributed by atoms with van der Waals surface area (Å²) >= 11 is 5.90. The molecule has 0 saturated carbocycles. The van der Waals surface area contributed by atoms with Gasteiger partial charge in [0.25, 0.3) is 0 Å². The predicted octanol–water partition coefficient (Wildman–Crippen LogP) is 1.78. The van der Waals surface area contributed by atoms with Crippen molar-refractivity contribution in [1.29, 1.82) is 5.26 Å². The maximum absolute atomic E-state index is 12.1. The van der Waals surface area contributed by atoms with E-state index < -0.39 is 10.0 Å². The third-order valence-electron chi connectivity index (χ3n) is 2.77. The van der Waals surface area contributed by atoms with E-state index in [1.54, 1.807) is 16.9 Å². The topological polar surface area (TPSA) is 87.8 Å². The van der Waals surface area contributed by atoms with Crippen LogP contribution >= 0.6 is 11.6 Å². The molecule has 1 aromatic carbocycles. The van der Waals surface area contributed by atoms with Crippen LogP contribution in [0.5, 0.6) is 0 Å². The molecule has 0 atom stereocenters. The first-order valence-electron chi connectivity index (χ1n) is 6.20. The van der Waals surface area contributed by atoms with Crippen molar-refractivity contribution in [3.05, 3.63) is 47.2 Å². The van der Waals surface area contributed by atoms with Crippen molar-refractivity contribution in [3.63, 3.8) is 0 Å². The second kappa shape index (κ2) is 6.72. The zero-order valence-electron chi connectivity index (χ0n) is 11.0. The zero-order valence-corrected chi connectivity index (χ0v) is 12.6. The number of nitrogens with zero attached hydrogens (tertiary/aromatic N) is 3. The van der Waals surface area contributed by atoms with Crippen molar-refractivity contribution < 1.29 is 8.42 Å². The van der Waals surface area contributed by atoms with E-state index in [0.29, 0.717) is 18.5 Å². The molecule has 2 aromatic rings. The Kier molecular flexibility index (Phi) is 4.96. The Morgan fingerprint density at radius 3 is 2.86 bits per heavy atom. The molecule has 0 unspecified atom stereocenters. The molecule has 8 heteroatoms. The summed E-state index contributed by atoms with van der Waals surface area (Å²) in [5.74, 6) is 0. The van der Waals surface area contributed by atoms with E-state index in [1.807, 2.05) is 12.3 Å². The van der Waals surface area contributed by atoms with Crippen LogP contribution in [0.25, 0.3) is 0 Å². The number of nitriles is 1. The SMILES string of the molecule is N#Cc1ccc(S(=O)(=O)NCCCn2cccn2)c(Cl)c1. The van der Waals surface area contributed by atoms with E-state index in [0.717, 1.165) is 0 Å². The van der Waals surface area contributed by atoms with Gasteiger partial charge in [-0.25, -0.2) is 13.1 Å². The Morgan fingerprint density at radius 1 is 1.43 bits per heavy atom. The molecule has 1 heterocycles. The van der Waals surface area contributed by atoms with Gasteiger partial charge in [0.15, 0.2) is 0 Å². The molecule has 0 bridgehead atoms. The molecule has 110 valence electrons. The number of rotatable bonds is 6. The van der Waals surface area contributed by atoms with Gasteiger partial charge in [-0.3, -0.25) is 4.68 Å². The van der Waals surface area contributed by atoms with Gasteiger partial charge >= 0.3 is 0 Å². The molecule has 0 fully saturated rings. The maximum atomic E-state index is 12.1. The highest BCUT2D eigenvalue weighted by Gasteiger charge is 2.17. The average Bonchev–Trinajstić information content (AvgIpc) is 2.96. The van der Waals surface area contributed by atoms with Gasteiger partial charge in [0, 0.05) is 25.5 Å². The normalized spacial score (nSPS) is 11.2. The lowest BCUT2D eigenvalue weighted by Gasteiger charge is -2.08. The molecule has 0 aliphatic rings. The van der Waals surface area contributed by atoms with Crippen LogP contribution in [-0.2, 0) is 16.6 Å². The Morgan fingerprint density at radius 2 is 2.24 bits per heavy atom. The van der Waals surface area contributed by atoms with Crippen molar-refractivity contribution in [2.75, 3.05) is 6.54 Å². The summed E-state index contributed by atoms with van der Waals surface area (Å²) in [6.45, 7) is 0.898. The largest absolute Gasteiger partial charge is 0.273 e. The zero-order chi connectivity index (χ0) is 15.3. The van der Waals surface area contributed by atoms with Crippen molar-refractivity contribution in [2.45, 2.75) is 17.9 Å². The monoisotopic (exact) mass is 324 g/mol. The minimum Gasteiger partial charge on any atom is -0.273 e. The lowest BCUT2D eigenvalue weighted by molar-refractivity contribution is 0.553. The number of halogens is 1. The highest BCUT2D eigenvalue weighted by molar-refractivity contribution is 7.89. The summed E-state index contributed by atoms with van der Waals surface area (Å²) < 4.78 is 28.4. The van der Waals surface area contributed by atoms with Gasteiger partial charge in [-0.1, -0.05) is 11.6 Å². The molecule has 0 saturated heterocycles. The summed E-state index contributed by atoms with van der Waals surface area (Å²) in [5.41, 5.74) is 0.317. The lowest BCUT2D eigenvalue weighted by atomic mass is 10.2. The van der Waals surface area contributed by atoms with Crippen LogP contribution in [0, 0.1) is 11.3 Å². The van der Waals surface area contributed by atoms with Crippen LogP contribution in [-0.4, -0.2) is 24.7 Å². The first kappa shape index (κ1) is 15.5. The van der Waals surface area contributed by atoms with E-state index in [-0.39, 0.29) is 16.5 Å². The summed E-state index contributed by atoms with van der Waals surface area (Å²) in [5, 5.41) is 12.8. The van der Waals surface area contributed by atoms with E-state index in [4.69, 9.17) is 16.9 Å². The summed E-state index contributed by atoms with van der Waals surface area (Å²) in [7, 11) is -3.68. The van der Waals surface area contributed by atoms with Crippen molar-refractivity contribution in [3.8, 4) is 6.07 Å². The number of aryl methyl sites for hydroxylation is 1. The van der Waals surface area contributed by atoms with Crippen molar-refractivity contribution in [1.82, 2.24) is 14.5 Å². The van der Waals surface area contributed by atoms with Crippen LogP contribution in [0.3, 0.4) is 0 Å². The fourth-order valence-corrected chi connectivity index (χ4v) is 3.36. The van der Waals surface area contributed by atoms with Gasteiger partial charge in [-0.15, -0.1) is 0 Å². The van der Waals surface area contributed by atoms with Crippen molar-refractivity contribution >= 4 is 21.6 Å².